The number of ketones is 1. The molecule has 1 amide bonds. The van der Waals surface area contributed by atoms with Crippen LogP contribution in [0.15, 0.2) is 54.6 Å². The highest BCUT2D eigenvalue weighted by molar-refractivity contribution is 6.54. The number of hydrogen-bond donors (Lipinski definition) is 1. The van der Waals surface area contributed by atoms with Crippen LogP contribution < -0.4 is 5.32 Å². The van der Waals surface area contributed by atoms with Gasteiger partial charge in [-0.2, -0.15) is 0 Å². The van der Waals surface area contributed by atoms with Crippen LogP contribution in [0.25, 0.3) is 0 Å². The largest absolute Gasteiger partial charge is 0.326 e. The third-order valence-corrected chi connectivity index (χ3v) is 7.98. The molecule has 3 nitrogen and oxygen atoms in total. The zero-order valence-electron chi connectivity index (χ0n) is 17.0. The molecule has 34 heavy (non-hydrogen) atoms. The van der Waals surface area contributed by atoms with Crippen LogP contribution in [0.4, 0.5) is 10.1 Å². The van der Waals surface area contributed by atoms with E-state index < -0.39 is 27.9 Å². The van der Waals surface area contributed by atoms with Crippen molar-refractivity contribution in [3.05, 3.63) is 97.2 Å². The number of carbonyl (C=O) groups is 2. The van der Waals surface area contributed by atoms with Crippen LogP contribution in [0.5, 0.6) is 0 Å². The molecule has 0 heterocycles. The van der Waals surface area contributed by atoms with Gasteiger partial charge in [-0.1, -0.05) is 58.5 Å². The number of benzene rings is 3. The summed E-state index contributed by atoms with van der Waals surface area (Å²) in [7, 11) is 0. The van der Waals surface area contributed by atoms with Crippen molar-refractivity contribution in [1.82, 2.24) is 0 Å². The fourth-order valence-electron chi connectivity index (χ4n) is 3.74. The zero-order valence-corrected chi connectivity index (χ0v) is 21.6. The van der Waals surface area contributed by atoms with Crippen LogP contribution in [-0.2, 0) is 11.2 Å². The monoisotopic (exact) mass is 577 g/mol. The van der Waals surface area contributed by atoms with Gasteiger partial charge >= 0.3 is 0 Å². The number of nitrogens with one attached hydrogen (secondary N) is 1. The summed E-state index contributed by atoms with van der Waals surface area (Å²) in [5.74, 6) is -2.48. The summed E-state index contributed by atoms with van der Waals surface area (Å²) in [6.45, 7) is 0. The van der Waals surface area contributed by atoms with Crippen molar-refractivity contribution in [3.63, 3.8) is 0 Å². The third-order valence-electron chi connectivity index (χ3n) is 5.51. The molecule has 2 atom stereocenters. The average molecular weight is 580 g/mol. The Bertz CT molecular complexity index is 1270. The summed E-state index contributed by atoms with van der Waals surface area (Å²) in [5.41, 5.74) is 1.78. The van der Waals surface area contributed by atoms with Gasteiger partial charge in [0.15, 0.2) is 5.78 Å². The molecule has 1 fully saturated rings. The Morgan fingerprint density at radius 2 is 1.50 bits per heavy atom. The van der Waals surface area contributed by atoms with Crippen LogP contribution in [0.3, 0.4) is 0 Å². The minimum absolute atomic E-state index is 0.0205. The lowest BCUT2D eigenvalue weighted by atomic mass is 10.0. The number of hydrogen-bond acceptors (Lipinski definition) is 2. The molecule has 0 radical (unpaired) electrons. The maximum Gasteiger partial charge on any atom is 0.231 e. The molecule has 0 unspecified atom stereocenters. The lowest BCUT2D eigenvalue weighted by Gasteiger charge is -2.09. The second-order valence-electron chi connectivity index (χ2n) is 7.84. The van der Waals surface area contributed by atoms with Crippen molar-refractivity contribution in [2.24, 2.45) is 5.92 Å². The predicted octanol–water partition coefficient (Wildman–Crippen LogP) is 8.39. The first kappa shape index (κ1) is 25.6. The fourth-order valence-corrected chi connectivity index (χ4v) is 5.41. The molecule has 1 aliphatic rings. The molecular formula is C24H14Cl6FNO2. The summed E-state index contributed by atoms with van der Waals surface area (Å²) in [5, 5.41) is 3.60. The Balaban J connectivity index is 1.51. The molecule has 1 N–H and O–H groups in total. The van der Waals surface area contributed by atoms with E-state index in [0.717, 1.165) is 0 Å². The van der Waals surface area contributed by atoms with Crippen molar-refractivity contribution in [2.45, 2.75) is 16.7 Å². The van der Waals surface area contributed by atoms with Gasteiger partial charge in [0.05, 0.1) is 26.0 Å². The van der Waals surface area contributed by atoms with Gasteiger partial charge in [0, 0.05) is 23.6 Å². The maximum absolute atomic E-state index is 13.1. The average Bonchev–Trinajstić information content (AvgIpc) is 3.36. The number of amides is 1. The van der Waals surface area contributed by atoms with Crippen LogP contribution in [0.1, 0.15) is 27.4 Å². The topological polar surface area (TPSA) is 46.2 Å². The van der Waals surface area contributed by atoms with E-state index >= 15 is 0 Å². The third kappa shape index (κ3) is 5.18. The zero-order chi connectivity index (χ0) is 24.8. The van der Waals surface area contributed by atoms with Gasteiger partial charge in [-0.3, -0.25) is 9.59 Å². The molecule has 3 aromatic rings. The van der Waals surface area contributed by atoms with Gasteiger partial charge in [0.25, 0.3) is 0 Å². The van der Waals surface area contributed by atoms with E-state index in [1.54, 1.807) is 18.2 Å². The lowest BCUT2D eigenvalue weighted by molar-refractivity contribution is -0.117. The molecule has 4 rings (SSSR count). The molecule has 0 bridgehead atoms. The molecule has 3 aromatic carbocycles. The van der Waals surface area contributed by atoms with Crippen LogP contribution in [0, 0.1) is 11.7 Å². The van der Waals surface area contributed by atoms with E-state index in [-0.39, 0.29) is 37.9 Å². The number of Topliss-reactive ketones (excluding diaryl/α,β-unsaturated/α-hetero) is 1. The molecular weight excluding hydrogens is 566 g/mol. The van der Waals surface area contributed by atoms with Crippen LogP contribution >= 0.6 is 69.6 Å². The lowest BCUT2D eigenvalue weighted by Crippen LogP contribution is -2.17. The second kappa shape index (κ2) is 9.85. The van der Waals surface area contributed by atoms with Crippen molar-refractivity contribution >= 4 is 87.0 Å². The van der Waals surface area contributed by atoms with E-state index in [1.807, 2.05) is 0 Å². The summed E-state index contributed by atoms with van der Waals surface area (Å²) >= 11 is 37.2. The molecule has 176 valence electrons. The summed E-state index contributed by atoms with van der Waals surface area (Å²) < 4.78 is 11.7. The maximum atomic E-state index is 13.1. The van der Waals surface area contributed by atoms with Crippen LogP contribution in [-0.4, -0.2) is 16.0 Å². The van der Waals surface area contributed by atoms with Gasteiger partial charge < -0.3 is 5.32 Å². The van der Waals surface area contributed by atoms with Gasteiger partial charge in [-0.15, -0.1) is 23.2 Å². The minimum Gasteiger partial charge on any atom is -0.326 e. The standard InChI is InChI=1S/C24H14Cl6FNO2/c25-16-6-5-14(10-15(16)19(33)7-11-1-3-13(31)4-2-11)32-23(34)21-20(24(21,29)30)12-8-17(26)22(28)18(27)9-12/h1-6,8-10,20-21H,7H2,(H,32,34)/t20-,21+/m1/s1. The Kier molecular flexibility index (Phi) is 7.40. The Morgan fingerprint density at radius 1 is 0.882 bits per heavy atom. The SMILES string of the molecule is O=C(Cc1ccc(F)cc1)c1cc(NC(=O)[C@@H]2[C@@H](c3cc(Cl)c(Cl)c(Cl)c3)C2(Cl)Cl)ccc1Cl. The number of halogens is 7. The minimum atomic E-state index is -1.38. The van der Waals surface area contributed by atoms with Crippen molar-refractivity contribution in [1.29, 1.82) is 0 Å². The number of rotatable bonds is 6. The molecule has 0 aromatic heterocycles. The van der Waals surface area contributed by atoms with Gasteiger partial charge in [0.1, 0.15) is 10.2 Å². The highest BCUT2D eigenvalue weighted by Gasteiger charge is 2.67. The molecule has 0 spiro atoms. The van der Waals surface area contributed by atoms with E-state index in [9.17, 15) is 14.0 Å². The first-order chi connectivity index (χ1) is 16.0. The molecule has 1 saturated carbocycles. The van der Waals surface area contributed by atoms with E-state index in [2.05, 4.69) is 5.32 Å². The van der Waals surface area contributed by atoms with E-state index in [4.69, 9.17) is 69.6 Å². The van der Waals surface area contributed by atoms with Crippen molar-refractivity contribution < 1.29 is 14.0 Å². The Morgan fingerprint density at radius 3 is 2.12 bits per heavy atom. The number of anilines is 1. The highest BCUT2D eigenvalue weighted by Crippen LogP contribution is 2.65. The smallest absolute Gasteiger partial charge is 0.231 e. The van der Waals surface area contributed by atoms with E-state index in [1.165, 1.54) is 36.4 Å². The molecule has 0 saturated heterocycles. The van der Waals surface area contributed by atoms with Gasteiger partial charge in [0.2, 0.25) is 5.91 Å². The normalized spacial score (nSPS) is 18.4. The fraction of sp³-hybridized carbons (Fsp3) is 0.167. The Labute approximate surface area is 225 Å². The number of alkyl halides is 2. The van der Waals surface area contributed by atoms with Crippen LogP contribution in [0.2, 0.25) is 20.1 Å². The quantitative estimate of drug-likeness (QED) is 0.181. The van der Waals surface area contributed by atoms with Crippen molar-refractivity contribution in [2.75, 3.05) is 5.32 Å². The second-order valence-corrected chi connectivity index (χ2v) is 10.9. The molecule has 0 aliphatic heterocycles. The summed E-state index contributed by atoms with van der Waals surface area (Å²) in [4.78, 5) is 25.7. The number of carbonyl (C=O) groups excluding carboxylic acids is 2. The van der Waals surface area contributed by atoms with Gasteiger partial charge in [-0.05, 0) is 53.6 Å². The highest BCUT2D eigenvalue weighted by atomic mass is 35.5. The molecule has 1 aliphatic carbocycles. The van der Waals surface area contributed by atoms with Crippen molar-refractivity contribution in [3.8, 4) is 0 Å². The Hall–Kier alpha value is -1.53. The summed E-state index contributed by atoms with van der Waals surface area (Å²) in [6.07, 6.45) is 0.0205. The summed E-state index contributed by atoms with van der Waals surface area (Å²) in [6, 6.07) is 13.3. The molecule has 10 heteroatoms. The first-order valence-electron chi connectivity index (χ1n) is 9.89. The van der Waals surface area contributed by atoms with Gasteiger partial charge in [-0.25, -0.2) is 4.39 Å². The predicted molar refractivity (Wildman–Crippen MR) is 137 cm³/mol. The van der Waals surface area contributed by atoms with E-state index in [0.29, 0.717) is 16.8 Å². The first-order valence-corrected chi connectivity index (χ1v) is 12.2.